The second-order valence-electron chi connectivity index (χ2n) is 6.32. The maximum Gasteiger partial charge on any atom is 0.0694 e. The number of nitrogens with zero attached hydrogens (tertiary/aromatic N) is 2. The Hall–Kier alpha value is -2.11. The first kappa shape index (κ1) is 14.8. The predicted octanol–water partition coefficient (Wildman–Crippen LogP) is 4.04. The van der Waals surface area contributed by atoms with Gasteiger partial charge in [0.2, 0.25) is 0 Å². The molecule has 0 radical (unpaired) electrons. The summed E-state index contributed by atoms with van der Waals surface area (Å²) in [6.45, 7) is 3.01. The van der Waals surface area contributed by atoms with Gasteiger partial charge < -0.3 is 0 Å². The Balaban J connectivity index is 1.60. The van der Waals surface area contributed by atoms with Crippen molar-refractivity contribution in [2.24, 2.45) is 5.41 Å². The number of nitriles is 1. The largest absolute Gasteiger partial charge is 0.299 e. The van der Waals surface area contributed by atoms with Crippen molar-refractivity contribution >= 4 is 0 Å². The summed E-state index contributed by atoms with van der Waals surface area (Å²) < 4.78 is 0. The van der Waals surface area contributed by atoms with Gasteiger partial charge in [0.25, 0.3) is 0 Å². The van der Waals surface area contributed by atoms with E-state index in [0.717, 1.165) is 38.9 Å². The van der Waals surface area contributed by atoms with Crippen molar-refractivity contribution in [2.75, 3.05) is 13.1 Å². The zero-order valence-electron chi connectivity index (χ0n) is 12.9. The number of benzene rings is 2. The van der Waals surface area contributed by atoms with E-state index in [1.165, 1.54) is 11.1 Å². The van der Waals surface area contributed by atoms with Crippen molar-refractivity contribution in [2.45, 2.75) is 25.8 Å². The molecule has 1 heterocycles. The van der Waals surface area contributed by atoms with Gasteiger partial charge in [-0.2, -0.15) is 5.26 Å². The normalized spacial score (nSPS) is 17.8. The molecule has 0 unspecified atom stereocenters. The van der Waals surface area contributed by atoms with Crippen LogP contribution in [0.5, 0.6) is 0 Å². The maximum atomic E-state index is 9.71. The lowest BCUT2D eigenvalue weighted by Gasteiger charge is -2.37. The van der Waals surface area contributed by atoms with E-state index in [9.17, 15) is 5.26 Å². The van der Waals surface area contributed by atoms with E-state index in [1.807, 2.05) is 6.07 Å². The summed E-state index contributed by atoms with van der Waals surface area (Å²) in [6.07, 6.45) is 2.81. The van der Waals surface area contributed by atoms with Crippen LogP contribution in [0.25, 0.3) is 0 Å². The van der Waals surface area contributed by atoms with Gasteiger partial charge in [-0.3, -0.25) is 4.90 Å². The molecule has 1 aliphatic heterocycles. The summed E-state index contributed by atoms with van der Waals surface area (Å²) in [5.41, 5.74) is 2.45. The lowest BCUT2D eigenvalue weighted by molar-refractivity contribution is 0.138. The second kappa shape index (κ2) is 6.77. The highest BCUT2D eigenvalue weighted by Gasteiger charge is 2.34. The molecular formula is C20H22N2. The van der Waals surface area contributed by atoms with Crippen LogP contribution in [-0.2, 0) is 13.0 Å². The van der Waals surface area contributed by atoms with E-state index in [4.69, 9.17) is 0 Å². The van der Waals surface area contributed by atoms with E-state index in [2.05, 4.69) is 65.6 Å². The van der Waals surface area contributed by atoms with Crippen molar-refractivity contribution in [1.29, 1.82) is 5.26 Å². The number of likely N-dealkylation sites (tertiary alicyclic amines) is 1. The van der Waals surface area contributed by atoms with Crippen molar-refractivity contribution < 1.29 is 0 Å². The molecule has 0 N–H and O–H groups in total. The fraction of sp³-hybridized carbons (Fsp3) is 0.350. The highest BCUT2D eigenvalue weighted by Crippen LogP contribution is 2.34. The average molecular weight is 290 g/mol. The molecule has 0 spiro atoms. The molecule has 3 rings (SSSR count). The summed E-state index contributed by atoms with van der Waals surface area (Å²) in [5.74, 6) is 0. The van der Waals surface area contributed by atoms with E-state index in [-0.39, 0.29) is 5.41 Å². The van der Waals surface area contributed by atoms with E-state index in [0.29, 0.717) is 0 Å². The van der Waals surface area contributed by atoms with Crippen molar-refractivity contribution in [1.82, 2.24) is 4.90 Å². The summed E-state index contributed by atoms with van der Waals surface area (Å²) in [6, 6.07) is 23.6. The van der Waals surface area contributed by atoms with E-state index in [1.54, 1.807) is 0 Å². The molecule has 0 amide bonds. The summed E-state index contributed by atoms with van der Waals surface area (Å²) in [7, 11) is 0. The molecule has 2 nitrogen and oxygen atoms in total. The number of rotatable bonds is 4. The summed E-state index contributed by atoms with van der Waals surface area (Å²) in [4.78, 5) is 2.47. The third-order valence-corrected chi connectivity index (χ3v) is 4.68. The first-order valence-electron chi connectivity index (χ1n) is 8.01. The van der Waals surface area contributed by atoms with Gasteiger partial charge in [-0.1, -0.05) is 60.7 Å². The third kappa shape index (κ3) is 3.55. The zero-order chi connectivity index (χ0) is 15.3. The van der Waals surface area contributed by atoms with Crippen LogP contribution < -0.4 is 0 Å². The van der Waals surface area contributed by atoms with Crippen LogP contribution in [0, 0.1) is 16.7 Å². The fourth-order valence-electron chi connectivity index (χ4n) is 3.30. The van der Waals surface area contributed by atoms with Crippen LogP contribution in [0.3, 0.4) is 0 Å². The lowest BCUT2D eigenvalue weighted by Crippen LogP contribution is -2.40. The first-order chi connectivity index (χ1) is 10.8. The Kier molecular flexibility index (Phi) is 4.56. The molecule has 112 valence electrons. The number of hydrogen-bond donors (Lipinski definition) is 0. The molecule has 2 aromatic carbocycles. The van der Waals surface area contributed by atoms with Crippen LogP contribution in [0.2, 0.25) is 0 Å². The van der Waals surface area contributed by atoms with Gasteiger partial charge in [0, 0.05) is 19.6 Å². The minimum Gasteiger partial charge on any atom is -0.299 e. The second-order valence-corrected chi connectivity index (χ2v) is 6.32. The topological polar surface area (TPSA) is 27.0 Å². The van der Waals surface area contributed by atoms with Crippen LogP contribution >= 0.6 is 0 Å². The number of piperidine rings is 1. The minimum absolute atomic E-state index is 0.186. The standard InChI is InChI=1S/C20H22N2/c21-17-20(15-18-7-3-1-4-8-18)11-13-22(14-12-20)16-19-9-5-2-6-10-19/h1-10H,11-16H2. The molecule has 0 aromatic heterocycles. The Bertz CT molecular complexity index is 620. The van der Waals surface area contributed by atoms with Gasteiger partial charge in [-0.05, 0) is 30.4 Å². The molecule has 2 aromatic rings. The average Bonchev–Trinajstić information content (AvgIpc) is 2.59. The van der Waals surface area contributed by atoms with Gasteiger partial charge in [0.1, 0.15) is 0 Å². The van der Waals surface area contributed by atoms with E-state index >= 15 is 0 Å². The summed E-state index contributed by atoms with van der Waals surface area (Å²) in [5, 5.41) is 9.71. The fourth-order valence-corrected chi connectivity index (χ4v) is 3.30. The van der Waals surface area contributed by atoms with Crippen LogP contribution in [0.15, 0.2) is 60.7 Å². The van der Waals surface area contributed by atoms with Gasteiger partial charge in [-0.25, -0.2) is 0 Å². The maximum absolute atomic E-state index is 9.71. The van der Waals surface area contributed by atoms with Gasteiger partial charge in [0.05, 0.1) is 11.5 Å². The highest BCUT2D eigenvalue weighted by molar-refractivity contribution is 5.20. The monoisotopic (exact) mass is 290 g/mol. The first-order valence-corrected chi connectivity index (χ1v) is 8.01. The quantitative estimate of drug-likeness (QED) is 0.850. The molecule has 0 aliphatic carbocycles. The van der Waals surface area contributed by atoms with E-state index < -0.39 is 0 Å². The van der Waals surface area contributed by atoms with Crippen molar-refractivity contribution in [3.05, 3.63) is 71.8 Å². The third-order valence-electron chi connectivity index (χ3n) is 4.68. The Morgan fingerprint density at radius 1 is 0.864 bits per heavy atom. The molecule has 1 aliphatic rings. The van der Waals surface area contributed by atoms with Crippen LogP contribution in [0.1, 0.15) is 24.0 Å². The molecule has 0 bridgehead atoms. The van der Waals surface area contributed by atoms with Crippen molar-refractivity contribution in [3.8, 4) is 6.07 Å². The molecule has 2 heteroatoms. The lowest BCUT2D eigenvalue weighted by atomic mass is 9.75. The predicted molar refractivity (Wildman–Crippen MR) is 89.1 cm³/mol. The van der Waals surface area contributed by atoms with Gasteiger partial charge >= 0.3 is 0 Å². The van der Waals surface area contributed by atoms with Gasteiger partial charge in [-0.15, -0.1) is 0 Å². The molecule has 0 atom stereocenters. The molecular weight excluding hydrogens is 268 g/mol. The SMILES string of the molecule is N#CC1(Cc2ccccc2)CCN(Cc2ccccc2)CC1. The summed E-state index contributed by atoms with van der Waals surface area (Å²) >= 11 is 0. The zero-order valence-corrected chi connectivity index (χ0v) is 12.9. The highest BCUT2D eigenvalue weighted by atomic mass is 15.1. The van der Waals surface area contributed by atoms with Gasteiger partial charge in [0.15, 0.2) is 0 Å². The Morgan fingerprint density at radius 2 is 1.41 bits per heavy atom. The molecule has 22 heavy (non-hydrogen) atoms. The molecule has 1 saturated heterocycles. The van der Waals surface area contributed by atoms with Crippen LogP contribution in [0.4, 0.5) is 0 Å². The number of hydrogen-bond acceptors (Lipinski definition) is 2. The Labute approximate surface area is 133 Å². The molecule has 0 saturated carbocycles. The molecule has 1 fully saturated rings. The minimum atomic E-state index is -0.186. The smallest absolute Gasteiger partial charge is 0.0694 e. The van der Waals surface area contributed by atoms with Crippen molar-refractivity contribution in [3.63, 3.8) is 0 Å². The van der Waals surface area contributed by atoms with Crippen LogP contribution in [-0.4, -0.2) is 18.0 Å². The Morgan fingerprint density at radius 3 is 1.95 bits per heavy atom.